The van der Waals surface area contributed by atoms with Crippen LogP contribution in [0, 0.1) is 5.92 Å². The number of nitrogens with one attached hydrogen (secondary N) is 2. The largest absolute Gasteiger partial charge is 0.494 e. The predicted molar refractivity (Wildman–Crippen MR) is 166 cm³/mol. The Morgan fingerprint density at radius 1 is 1.02 bits per heavy atom. The lowest BCUT2D eigenvalue weighted by atomic mass is 9.88. The highest BCUT2D eigenvalue weighted by molar-refractivity contribution is 7.17. The second kappa shape index (κ2) is 15.1. The van der Waals surface area contributed by atoms with Crippen LogP contribution in [0.25, 0.3) is 0 Å². The molecule has 0 bridgehead atoms. The van der Waals surface area contributed by atoms with Crippen LogP contribution in [0.3, 0.4) is 0 Å². The molecular formula is C32H35N3O8S. The molecule has 4 rings (SSSR count). The number of carbonyl (C=O) groups excluding carboxylic acids is 4. The van der Waals surface area contributed by atoms with Gasteiger partial charge in [0.25, 0.3) is 0 Å². The Balaban J connectivity index is 1.37. The van der Waals surface area contributed by atoms with Gasteiger partial charge in [0, 0.05) is 4.88 Å². The third-order valence-corrected chi connectivity index (χ3v) is 7.93. The molecule has 0 spiro atoms. The molecule has 2 aromatic carbocycles. The van der Waals surface area contributed by atoms with Crippen LogP contribution in [-0.2, 0) is 27.2 Å². The van der Waals surface area contributed by atoms with Crippen molar-refractivity contribution in [3.8, 4) is 17.2 Å². The van der Waals surface area contributed by atoms with E-state index in [1.807, 2.05) is 6.92 Å². The first-order valence-corrected chi connectivity index (χ1v) is 15.1. The highest BCUT2D eigenvalue weighted by atomic mass is 32.1. The zero-order valence-electron chi connectivity index (χ0n) is 25.1. The van der Waals surface area contributed by atoms with Crippen molar-refractivity contribution < 1.29 is 38.1 Å². The van der Waals surface area contributed by atoms with Crippen molar-refractivity contribution in [3.05, 3.63) is 69.6 Å². The highest BCUT2D eigenvalue weighted by Crippen LogP contribution is 2.40. The number of benzene rings is 2. The molecule has 1 atom stereocenters. The summed E-state index contributed by atoms with van der Waals surface area (Å²) in [5, 5.41) is 6.71. The molecule has 1 unspecified atom stereocenters. The Hall–Kier alpha value is -4.71. The SMILES string of the molecule is CCCOc1ccc(C(=O)Oc2ccc(C=NNC(=O)C(=O)Nc3sc4c(c3C(=O)OCC)CCC(C)C4)cc2OC)cc1. The number of hydrazone groups is 1. The van der Waals surface area contributed by atoms with Gasteiger partial charge in [-0.2, -0.15) is 5.10 Å². The van der Waals surface area contributed by atoms with Crippen molar-refractivity contribution in [1.29, 1.82) is 0 Å². The molecule has 1 aliphatic rings. The fraction of sp³-hybridized carbons (Fsp3) is 0.344. The van der Waals surface area contributed by atoms with Crippen LogP contribution in [0.4, 0.5) is 5.00 Å². The minimum Gasteiger partial charge on any atom is -0.494 e. The summed E-state index contributed by atoms with van der Waals surface area (Å²) in [7, 11) is 1.42. The average molecular weight is 622 g/mol. The van der Waals surface area contributed by atoms with E-state index in [2.05, 4.69) is 22.8 Å². The summed E-state index contributed by atoms with van der Waals surface area (Å²) in [6.45, 7) is 6.63. The zero-order valence-corrected chi connectivity index (χ0v) is 25.9. The molecule has 1 aliphatic carbocycles. The number of esters is 2. The smallest absolute Gasteiger partial charge is 0.343 e. The van der Waals surface area contributed by atoms with Crippen LogP contribution in [0.2, 0.25) is 0 Å². The standard InChI is InChI=1S/C32H35N3O8S/c1-5-15-42-22-11-9-21(10-12-22)31(38)43-24-14-8-20(17-25(24)40-4)18-33-35-29(37)28(36)34-30-27(32(39)41-6-2)23-13-7-19(3)16-26(23)44-30/h8-12,14,17-19H,5-7,13,15-16H2,1-4H3,(H,34,36)(H,35,37). The number of fused-ring (bicyclic) bond motifs is 1. The van der Waals surface area contributed by atoms with Crippen molar-refractivity contribution in [3.63, 3.8) is 0 Å². The normalized spacial score (nSPS) is 14.0. The first kappa shape index (κ1) is 32.2. The lowest BCUT2D eigenvalue weighted by Crippen LogP contribution is -2.32. The van der Waals surface area contributed by atoms with Gasteiger partial charge in [-0.1, -0.05) is 13.8 Å². The maximum Gasteiger partial charge on any atom is 0.343 e. The maximum absolute atomic E-state index is 12.7. The fourth-order valence-corrected chi connectivity index (χ4v) is 5.94. The summed E-state index contributed by atoms with van der Waals surface area (Å²) in [5.74, 6) is -1.51. The first-order valence-electron chi connectivity index (χ1n) is 14.3. The van der Waals surface area contributed by atoms with E-state index in [9.17, 15) is 19.2 Å². The molecule has 0 aliphatic heterocycles. The molecule has 1 heterocycles. The molecule has 2 amide bonds. The number of methoxy groups -OCH3 is 1. The molecule has 3 aromatic rings. The number of amides is 2. The van der Waals surface area contributed by atoms with E-state index in [1.165, 1.54) is 30.7 Å². The van der Waals surface area contributed by atoms with E-state index in [4.69, 9.17) is 18.9 Å². The van der Waals surface area contributed by atoms with Gasteiger partial charge >= 0.3 is 23.8 Å². The van der Waals surface area contributed by atoms with E-state index < -0.39 is 23.8 Å². The number of anilines is 1. The Bertz CT molecular complexity index is 1550. The van der Waals surface area contributed by atoms with Crippen molar-refractivity contribution in [2.75, 3.05) is 25.6 Å². The van der Waals surface area contributed by atoms with Gasteiger partial charge < -0.3 is 24.3 Å². The fourth-order valence-electron chi connectivity index (χ4n) is 4.55. The summed E-state index contributed by atoms with van der Waals surface area (Å²) < 4.78 is 21.6. The first-order chi connectivity index (χ1) is 21.2. The zero-order chi connectivity index (χ0) is 31.6. The summed E-state index contributed by atoms with van der Waals surface area (Å²) >= 11 is 1.29. The monoisotopic (exact) mass is 621 g/mol. The van der Waals surface area contributed by atoms with E-state index >= 15 is 0 Å². The Labute approximate surface area is 259 Å². The van der Waals surface area contributed by atoms with Gasteiger partial charge in [-0.05, 0) is 92.1 Å². The molecule has 2 N–H and O–H groups in total. The van der Waals surface area contributed by atoms with Crippen molar-refractivity contribution in [2.24, 2.45) is 11.0 Å². The molecule has 12 heteroatoms. The van der Waals surface area contributed by atoms with Crippen molar-refractivity contribution in [1.82, 2.24) is 5.43 Å². The van der Waals surface area contributed by atoms with Crippen LogP contribution in [0.5, 0.6) is 17.2 Å². The van der Waals surface area contributed by atoms with Crippen LogP contribution in [0.15, 0.2) is 47.6 Å². The predicted octanol–water partition coefficient (Wildman–Crippen LogP) is 5.16. The molecule has 232 valence electrons. The summed E-state index contributed by atoms with van der Waals surface area (Å²) in [6, 6.07) is 11.3. The topological polar surface area (TPSA) is 142 Å². The quantitative estimate of drug-likeness (QED) is 0.0984. The van der Waals surface area contributed by atoms with Crippen LogP contribution in [-0.4, -0.2) is 50.3 Å². The van der Waals surface area contributed by atoms with Crippen LogP contribution < -0.4 is 25.0 Å². The minimum atomic E-state index is -1.01. The molecular weight excluding hydrogens is 586 g/mol. The molecule has 0 radical (unpaired) electrons. The van der Waals surface area contributed by atoms with Crippen molar-refractivity contribution >= 4 is 46.3 Å². The van der Waals surface area contributed by atoms with Gasteiger partial charge in [0.05, 0.1) is 37.7 Å². The Kier molecular flexibility index (Phi) is 11.1. The lowest BCUT2D eigenvalue weighted by Gasteiger charge is -2.18. The van der Waals surface area contributed by atoms with E-state index in [0.29, 0.717) is 46.4 Å². The number of rotatable bonds is 11. The summed E-state index contributed by atoms with van der Waals surface area (Å²) in [5.41, 5.74) is 4.22. The van der Waals surface area contributed by atoms with Gasteiger partial charge in [0.15, 0.2) is 11.5 Å². The van der Waals surface area contributed by atoms with Gasteiger partial charge in [0.2, 0.25) is 0 Å². The number of nitrogens with zero attached hydrogens (tertiary/aromatic N) is 1. The lowest BCUT2D eigenvalue weighted by molar-refractivity contribution is -0.136. The Morgan fingerprint density at radius 3 is 2.50 bits per heavy atom. The minimum absolute atomic E-state index is 0.190. The molecule has 0 fully saturated rings. The Morgan fingerprint density at radius 2 is 1.80 bits per heavy atom. The number of ether oxygens (including phenoxy) is 4. The van der Waals surface area contributed by atoms with E-state index in [-0.39, 0.29) is 18.1 Å². The molecule has 11 nitrogen and oxygen atoms in total. The molecule has 0 saturated heterocycles. The van der Waals surface area contributed by atoms with Crippen LogP contribution >= 0.6 is 11.3 Å². The molecule has 44 heavy (non-hydrogen) atoms. The van der Waals surface area contributed by atoms with Gasteiger partial charge in [-0.3, -0.25) is 9.59 Å². The van der Waals surface area contributed by atoms with Gasteiger partial charge in [0.1, 0.15) is 10.8 Å². The third-order valence-electron chi connectivity index (χ3n) is 6.76. The second-order valence-electron chi connectivity index (χ2n) is 10.1. The molecule has 1 aromatic heterocycles. The third kappa shape index (κ3) is 8.01. The number of hydrogen-bond acceptors (Lipinski definition) is 10. The highest BCUT2D eigenvalue weighted by Gasteiger charge is 2.30. The van der Waals surface area contributed by atoms with E-state index in [0.717, 1.165) is 29.7 Å². The summed E-state index contributed by atoms with van der Waals surface area (Å²) in [6.07, 6.45) is 4.61. The number of thiophene rings is 1. The summed E-state index contributed by atoms with van der Waals surface area (Å²) in [4.78, 5) is 51.5. The second-order valence-corrected chi connectivity index (χ2v) is 11.2. The average Bonchev–Trinajstić information content (AvgIpc) is 3.37. The van der Waals surface area contributed by atoms with Gasteiger partial charge in [-0.25, -0.2) is 15.0 Å². The van der Waals surface area contributed by atoms with Crippen molar-refractivity contribution in [2.45, 2.75) is 46.5 Å². The van der Waals surface area contributed by atoms with Gasteiger partial charge in [-0.15, -0.1) is 11.3 Å². The molecule has 0 saturated carbocycles. The number of carbonyl (C=O) groups is 4. The van der Waals surface area contributed by atoms with E-state index in [1.54, 1.807) is 43.3 Å². The van der Waals surface area contributed by atoms with Crippen LogP contribution in [0.1, 0.15) is 70.3 Å². The number of hydrogen-bond donors (Lipinski definition) is 2. The maximum atomic E-state index is 12.7.